The molecule has 0 amide bonds. The fraction of sp³-hybridized carbons (Fsp3) is 0.300. The summed E-state index contributed by atoms with van der Waals surface area (Å²) in [6, 6.07) is 5.62. The van der Waals surface area contributed by atoms with Crippen LogP contribution in [0.15, 0.2) is 22.7 Å². The zero-order chi connectivity index (χ0) is 10.0. The molecule has 0 saturated carbocycles. The Balaban J connectivity index is 3.03. The molecule has 0 aromatic heterocycles. The maximum atomic E-state index is 10.7. The van der Waals surface area contributed by atoms with Crippen LogP contribution in [0.4, 0.5) is 0 Å². The molecular weight excluding hydrogens is 232 g/mol. The van der Waals surface area contributed by atoms with Crippen molar-refractivity contribution in [3.05, 3.63) is 33.8 Å². The predicted molar refractivity (Wildman–Crippen MR) is 54.9 cm³/mol. The summed E-state index contributed by atoms with van der Waals surface area (Å²) in [6.07, 6.45) is 0. The summed E-state index contributed by atoms with van der Waals surface area (Å²) < 4.78 is 0.957. The van der Waals surface area contributed by atoms with Crippen molar-refractivity contribution in [3.63, 3.8) is 0 Å². The molecule has 0 aliphatic heterocycles. The van der Waals surface area contributed by atoms with E-state index in [4.69, 9.17) is 5.11 Å². The molecule has 1 rings (SSSR count). The van der Waals surface area contributed by atoms with E-state index in [9.17, 15) is 4.79 Å². The van der Waals surface area contributed by atoms with Gasteiger partial charge >= 0.3 is 5.97 Å². The Morgan fingerprint density at radius 2 is 2.15 bits per heavy atom. The van der Waals surface area contributed by atoms with Crippen LogP contribution < -0.4 is 0 Å². The quantitative estimate of drug-likeness (QED) is 0.866. The Hall–Kier alpha value is -0.830. The van der Waals surface area contributed by atoms with E-state index in [0.29, 0.717) is 0 Å². The highest BCUT2D eigenvalue weighted by Crippen LogP contribution is 2.22. The smallest absolute Gasteiger partial charge is 0.310 e. The van der Waals surface area contributed by atoms with E-state index in [-0.39, 0.29) is 0 Å². The van der Waals surface area contributed by atoms with E-state index < -0.39 is 11.9 Å². The molecule has 0 heterocycles. The molecule has 70 valence electrons. The van der Waals surface area contributed by atoms with Crippen molar-refractivity contribution in [2.24, 2.45) is 0 Å². The molecule has 0 unspecified atom stereocenters. The molecule has 0 bridgehead atoms. The van der Waals surface area contributed by atoms with Gasteiger partial charge in [0.2, 0.25) is 0 Å². The van der Waals surface area contributed by atoms with Crippen molar-refractivity contribution in [2.45, 2.75) is 19.8 Å². The lowest BCUT2D eigenvalue weighted by atomic mass is 10.0. The molecular formula is C10H11BrO2. The molecule has 0 saturated heterocycles. The predicted octanol–water partition coefficient (Wildman–Crippen LogP) is 2.95. The van der Waals surface area contributed by atoms with Crippen molar-refractivity contribution >= 4 is 21.9 Å². The van der Waals surface area contributed by atoms with Gasteiger partial charge in [-0.3, -0.25) is 4.79 Å². The van der Waals surface area contributed by atoms with E-state index in [1.165, 1.54) is 0 Å². The van der Waals surface area contributed by atoms with Gasteiger partial charge in [0.25, 0.3) is 0 Å². The molecule has 0 radical (unpaired) electrons. The van der Waals surface area contributed by atoms with Crippen LogP contribution in [-0.2, 0) is 4.79 Å². The van der Waals surface area contributed by atoms with Gasteiger partial charge in [0.15, 0.2) is 0 Å². The summed E-state index contributed by atoms with van der Waals surface area (Å²) in [7, 11) is 0. The molecule has 1 atom stereocenters. The van der Waals surface area contributed by atoms with E-state index >= 15 is 0 Å². The third kappa shape index (κ3) is 2.31. The number of hydrogen-bond acceptors (Lipinski definition) is 1. The summed E-state index contributed by atoms with van der Waals surface area (Å²) in [4.78, 5) is 10.7. The van der Waals surface area contributed by atoms with Gasteiger partial charge in [-0.1, -0.05) is 28.1 Å². The molecule has 1 aromatic carbocycles. The summed E-state index contributed by atoms with van der Waals surface area (Å²) in [5.41, 5.74) is 1.94. The average molecular weight is 243 g/mol. The normalized spacial score (nSPS) is 12.5. The highest BCUT2D eigenvalue weighted by Gasteiger charge is 2.13. The minimum absolute atomic E-state index is 0.447. The van der Waals surface area contributed by atoms with Crippen LogP contribution in [0.25, 0.3) is 0 Å². The van der Waals surface area contributed by atoms with Crippen molar-refractivity contribution < 1.29 is 9.90 Å². The van der Waals surface area contributed by atoms with Crippen molar-refractivity contribution in [3.8, 4) is 0 Å². The van der Waals surface area contributed by atoms with Crippen LogP contribution in [0.3, 0.4) is 0 Å². The fourth-order valence-electron chi connectivity index (χ4n) is 1.02. The van der Waals surface area contributed by atoms with Crippen LogP contribution in [0.1, 0.15) is 24.0 Å². The lowest BCUT2D eigenvalue weighted by molar-refractivity contribution is -0.138. The molecule has 0 aliphatic rings. The summed E-state index contributed by atoms with van der Waals surface area (Å²) >= 11 is 3.37. The lowest BCUT2D eigenvalue weighted by Gasteiger charge is -2.07. The van der Waals surface area contributed by atoms with Gasteiger partial charge in [-0.2, -0.15) is 0 Å². The maximum absolute atomic E-state index is 10.7. The summed E-state index contributed by atoms with van der Waals surface area (Å²) in [5.74, 6) is -1.24. The number of benzene rings is 1. The molecule has 0 aliphatic carbocycles. The first-order valence-electron chi connectivity index (χ1n) is 4.01. The average Bonchev–Trinajstić information content (AvgIpc) is 2.08. The van der Waals surface area contributed by atoms with Gasteiger partial charge in [0, 0.05) is 4.47 Å². The van der Waals surface area contributed by atoms with Crippen LogP contribution in [0.2, 0.25) is 0 Å². The van der Waals surface area contributed by atoms with Gasteiger partial charge in [0.1, 0.15) is 0 Å². The molecule has 1 aromatic rings. The second-order valence-corrected chi connectivity index (χ2v) is 3.92. The largest absolute Gasteiger partial charge is 0.481 e. The highest BCUT2D eigenvalue weighted by atomic mass is 79.9. The number of aryl methyl sites for hydroxylation is 1. The van der Waals surface area contributed by atoms with Crippen molar-refractivity contribution in [2.75, 3.05) is 0 Å². The molecule has 3 heteroatoms. The zero-order valence-corrected chi connectivity index (χ0v) is 9.13. The Labute approximate surface area is 85.7 Å². The standard InChI is InChI=1S/C10H11BrO2/c1-6-3-4-8(5-9(6)11)7(2)10(12)13/h3-5,7H,1-2H3,(H,12,13)/t7-/m0/s1. The monoisotopic (exact) mass is 242 g/mol. The summed E-state index contributed by atoms with van der Waals surface area (Å²) in [5, 5.41) is 8.78. The SMILES string of the molecule is Cc1ccc([C@H](C)C(=O)O)cc1Br. The minimum atomic E-state index is -0.796. The fourth-order valence-corrected chi connectivity index (χ4v) is 1.42. The lowest BCUT2D eigenvalue weighted by Crippen LogP contribution is -2.07. The first-order valence-corrected chi connectivity index (χ1v) is 4.80. The van der Waals surface area contributed by atoms with Crippen LogP contribution in [0, 0.1) is 6.92 Å². The third-order valence-corrected chi connectivity index (χ3v) is 2.92. The number of rotatable bonds is 2. The van der Waals surface area contributed by atoms with Gasteiger partial charge < -0.3 is 5.11 Å². The highest BCUT2D eigenvalue weighted by molar-refractivity contribution is 9.10. The second-order valence-electron chi connectivity index (χ2n) is 3.07. The Kier molecular flexibility index (Phi) is 3.09. The topological polar surface area (TPSA) is 37.3 Å². The van der Waals surface area contributed by atoms with E-state index in [0.717, 1.165) is 15.6 Å². The first kappa shape index (κ1) is 10.3. The van der Waals surface area contributed by atoms with E-state index in [2.05, 4.69) is 15.9 Å². The summed E-state index contributed by atoms with van der Waals surface area (Å²) in [6.45, 7) is 3.65. The number of carbonyl (C=O) groups is 1. The Morgan fingerprint density at radius 3 is 2.62 bits per heavy atom. The van der Waals surface area contributed by atoms with Gasteiger partial charge in [0.05, 0.1) is 5.92 Å². The van der Waals surface area contributed by atoms with Gasteiger partial charge in [-0.05, 0) is 31.0 Å². The number of carboxylic acids is 1. The number of aliphatic carboxylic acids is 1. The molecule has 13 heavy (non-hydrogen) atoms. The molecule has 2 nitrogen and oxygen atoms in total. The second kappa shape index (κ2) is 3.92. The van der Waals surface area contributed by atoms with Gasteiger partial charge in [-0.25, -0.2) is 0 Å². The van der Waals surface area contributed by atoms with Crippen LogP contribution >= 0.6 is 15.9 Å². The number of carboxylic acid groups (broad SMARTS) is 1. The molecule has 0 spiro atoms. The minimum Gasteiger partial charge on any atom is -0.481 e. The Morgan fingerprint density at radius 1 is 1.54 bits per heavy atom. The van der Waals surface area contributed by atoms with E-state index in [1.54, 1.807) is 6.92 Å². The third-order valence-electron chi connectivity index (χ3n) is 2.07. The van der Waals surface area contributed by atoms with E-state index in [1.807, 2.05) is 25.1 Å². The molecule has 0 fully saturated rings. The maximum Gasteiger partial charge on any atom is 0.310 e. The van der Waals surface area contributed by atoms with Crippen molar-refractivity contribution in [1.29, 1.82) is 0 Å². The van der Waals surface area contributed by atoms with Gasteiger partial charge in [-0.15, -0.1) is 0 Å². The first-order chi connectivity index (χ1) is 6.02. The van der Waals surface area contributed by atoms with Crippen LogP contribution in [-0.4, -0.2) is 11.1 Å². The number of halogens is 1. The van der Waals surface area contributed by atoms with Crippen molar-refractivity contribution in [1.82, 2.24) is 0 Å². The Bertz CT molecular complexity index is 334. The van der Waals surface area contributed by atoms with Crippen LogP contribution in [0.5, 0.6) is 0 Å². The number of hydrogen-bond donors (Lipinski definition) is 1. The molecule has 1 N–H and O–H groups in total. The zero-order valence-electron chi connectivity index (χ0n) is 7.54.